The molecule has 0 aromatic carbocycles. The van der Waals surface area contributed by atoms with Crippen molar-refractivity contribution in [2.75, 3.05) is 0 Å². The molecule has 108 valence electrons. The topological polar surface area (TPSA) is 158 Å². The average Bonchev–Trinajstić information content (AvgIpc) is 2.27. The third-order valence-corrected chi connectivity index (χ3v) is 2.04. The van der Waals surface area contributed by atoms with E-state index < -0.39 is 29.7 Å². The van der Waals surface area contributed by atoms with Gasteiger partial charge in [0.2, 0.25) is 0 Å². The molecule has 0 aliphatic rings. The molecule has 1 heterocycles. The van der Waals surface area contributed by atoms with Crippen molar-refractivity contribution in [1.82, 2.24) is 15.0 Å². The molecule has 1 aromatic rings. The molecule has 0 unspecified atom stereocenters. The predicted molar refractivity (Wildman–Crippen MR) is 58.8 cm³/mol. The highest BCUT2D eigenvalue weighted by Crippen LogP contribution is 2.15. The molecule has 0 saturated carbocycles. The molecular formula is C9H15N3O7. The van der Waals surface area contributed by atoms with E-state index in [-0.39, 0.29) is 12.8 Å². The van der Waals surface area contributed by atoms with Crippen LogP contribution in [0.2, 0.25) is 0 Å². The summed E-state index contributed by atoms with van der Waals surface area (Å²) in [5.41, 5.74) is -0.973. The first-order valence-corrected chi connectivity index (χ1v) is 5.43. The van der Waals surface area contributed by atoms with E-state index in [1.54, 1.807) is 0 Å². The van der Waals surface area contributed by atoms with Crippen molar-refractivity contribution in [2.24, 2.45) is 0 Å². The van der Waals surface area contributed by atoms with E-state index in [9.17, 15) is 25.2 Å². The summed E-state index contributed by atoms with van der Waals surface area (Å²) in [6.07, 6.45) is -0.410. The fourth-order valence-electron chi connectivity index (χ4n) is 0.885. The number of H-pyrrole nitrogens is 1. The zero-order valence-corrected chi connectivity index (χ0v) is 10.3. The van der Waals surface area contributed by atoms with Crippen molar-refractivity contribution >= 4 is 0 Å². The van der Waals surface area contributed by atoms with E-state index in [0.29, 0.717) is 0 Å². The Bertz CT molecular complexity index is 446. The van der Waals surface area contributed by atoms with Crippen LogP contribution < -0.4 is 15.2 Å². The largest absolute Gasteiger partial charge is 0.407 e. The third-order valence-electron chi connectivity index (χ3n) is 2.04. The summed E-state index contributed by atoms with van der Waals surface area (Å²) in [4.78, 5) is 19.8. The number of hydrogen-bond acceptors (Lipinski definition) is 9. The summed E-state index contributed by atoms with van der Waals surface area (Å²) >= 11 is 0. The molecule has 1 aromatic heterocycles. The SMILES string of the molecule is CCC(O)(O)Oc1nc(OC(O)(O)CC)[nH]c(=O)n1. The molecule has 0 atom stereocenters. The van der Waals surface area contributed by atoms with Gasteiger partial charge in [0.15, 0.2) is 0 Å². The molecule has 10 nitrogen and oxygen atoms in total. The van der Waals surface area contributed by atoms with E-state index in [1.165, 1.54) is 13.8 Å². The van der Waals surface area contributed by atoms with E-state index in [4.69, 9.17) is 0 Å². The van der Waals surface area contributed by atoms with Crippen LogP contribution in [0, 0.1) is 0 Å². The molecule has 0 saturated heterocycles. The molecule has 5 N–H and O–H groups in total. The molecule has 1 rings (SSSR count). The highest BCUT2D eigenvalue weighted by Gasteiger charge is 2.27. The van der Waals surface area contributed by atoms with Gasteiger partial charge in [-0.25, -0.2) is 4.79 Å². The van der Waals surface area contributed by atoms with E-state index in [2.05, 4.69) is 19.4 Å². The van der Waals surface area contributed by atoms with Crippen molar-refractivity contribution in [2.45, 2.75) is 38.6 Å². The smallest absolute Gasteiger partial charge is 0.353 e. The number of ether oxygens (including phenoxy) is 2. The monoisotopic (exact) mass is 277 g/mol. The van der Waals surface area contributed by atoms with Crippen LogP contribution in [0.25, 0.3) is 0 Å². The van der Waals surface area contributed by atoms with Gasteiger partial charge in [0.1, 0.15) is 0 Å². The molecule has 0 amide bonds. The number of hydrogen-bond donors (Lipinski definition) is 5. The second kappa shape index (κ2) is 5.48. The van der Waals surface area contributed by atoms with Gasteiger partial charge in [-0.1, -0.05) is 13.8 Å². The van der Waals surface area contributed by atoms with Crippen LogP contribution in [-0.2, 0) is 0 Å². The second-order valence-corrected chi connectivity index (χ2v) is 3.64. The van der Waals surface area contributed by atoms with Crippen LogP contribution in [0.15, 0.2) is 4.79 Å². The maximum atomic E-state index is 11.2. The first-order chi connectivity index (χ1) is 8.67. The van der Waals surface area contributed by atoms with Crippen molar-refractivity contribution in [3.63, 3.8) is 0 Å². The van der Waals surface area contributed by atoms with Crippen LogP contribution in [0.5, 0.6) is 12.0 Å². The van der Waals surface area contributed by atoms with Crippen molar-refractivity contribution in [3.05, 3.63) is 10.5 Å². The number of nitrogens with one attached hydrogen (secondary N) is 1. The highest BCUT2D eigenvalue weighted by molar-refractivity contribution is 5.00. The van der Waals surface area contributed by atoms with E-state index >= 15 is 0 Å². The predicted octanol–water partition coefficient (Wildman–Crippen LogP) is -1.98. The van der Waals surface area contributed by atoms with E-state index in [0.717, 1.165) is 0 Å². The van der Waals surface area contributed by atoms with Gasteiger partial charge in [0.05, 0.1) is 0 Å². The molecular weight excluding hydrogens is 262 g/mol. The molecule has 0 aliphatic heterocycles. The quantitative estimate of drug-likeness (QED) is 0.371. The van der Waals surface area contributed by atoms with Gasteiger partial charge < -0.3 is 29.9 Å². The van der Waals surface area contributed by atoms with Gasteiger partial charge >= 0.3 is 29.7 Å². The summed E-state index contributed by atoms with van der Waals surface area (Å²) in [7, 11) is 0. The molecule has 0 fully saturated rings. The van der Waals surface area contributed by atoms with Gasteiger partial charge in [0, 0.05) is 12.8 Å². The Balaban J connectivity index is 2.98. The van der Waals surface area contributed by atoms with Gasteiger partial charge in [-0.15, -0.1) is 9.97 Å². The first-order valence-electron chi connectivity index (χ1n) is 5.43. The molecule has 10 heteroatoms. The second-order valence-electron chi connectivity index (χ2n) is 3.64. The summed E-state index contributed by atoms with van der Waals surface area (Å²) in [6, 6.07) is -1.27. The molecule has 0 radical (unpaired) electrons. The van der Waals surface area contributed by atoms with Crippen LogP contribution in [0.4, 0.5) is 0 Å². The minimum atomic E-state index is -2.55. The Morgan fingerprint density at radius 2 is 1.58 bits per heavy atom. The molecule has 0 aliphatic carbocycles. The Morgan fingerprint density at radius 1 is 1.05 bits per heavy atom. The first kappa shape index (κ1) is 15.3. The van der Waals surface area contributed by atoms with Crippen molar-refractivity contribution in [3.8, 4) is 12.0 Å². The zero-order valence-electron chi connectivity index (χ0n) is 10.3. The van der Waals surface area contributed by atoms with Gasteiger partial charge in [-0.2, -0.15) is 0 Å². The standard InChI is InChI=1S/C9H15N3O7/c1-3-8(14,15)18-6-10-5(13)11-7(12-6)19-9(16,17)4-2/h14-17H,3-4H2,1-2H3,(H,10,11,12,13). The number of nitrogens with zero attached hydrogens (tertiary/aromatic N) is 2. The van der Waals surface area contributed by atoms with Crippen molar-refractivity contribution < 1.29 is 29.9 Å². The minimum Gasteiger partial charge on any atom is -0.407 e. The maximum Gasteiger partial charge on any atom is 0.353 e. The summed E-state index contributed by atoms with van der Waals surface area (Å²) < 4.78 is 9.13. The van der Waals surface area contributed by atoms with E-state index in [1.807, 2.05) is 4.98 Å². The van der Waals surface area contributed by atoms with Crippen LogP contribution in [-0.4, -0.2) is 47.3 Å². The van der Waals surface area contributed by atoms with Gasteiger partial charge in [0.25, 0.3) is 0 Å². The third kappa shape index (κ3) is 4.79. The normalized spacial score (nSPS) is 12.3. The molecule has 19 heavy (non-hydrogen) atoms. The lowest BCUT2D eigenvalue weighted by Gasteiger charge is -2.21. The summed E-state index contributed by atoms with van der Waals surface area (Å²) in [6.45, 7) is 2.83. The van der Waals surface area contributed by atoms with Crippen LogP contribution >= 0.6 is 0 Å². The van der Waals surface area contributed by atoms with Crippen molar-refractivity contribution in [1.29, 1.82) is 0 Å². The Labute approximate surface area is 107 Å². The van der Waals surface area contributed by atoms with Crippen LogP contribution in [0.3, 0.4) is 0 Å². The Kier molecular flexibility index (Phi) is 4.42. The summed E-state index contributed by atoms with van der Waals surface area (Å²) in [5, 5.41) is 37.0. The Morgan fingerprint density at radius 3 is 2.11 bits per heavy atom. The Hall–Kier alpha value is -1.75. The lowest BCUT2D eigenvalue weighted by Crippen LogP contribution is -2.37. The molecule has 0 bridgehead atoms. The van der Waals surface area contributed by atoms with Crippen LogP contribution in [0.1, 0.15) is 26.7 Å². The number of aliphatic hydroxyl groups is 4. The van der Waals surface area contributed by atoms with Gasteiger partial charge in [-0.05, 0) is 0 Å². The lowest BCUT2D eigenvalue weighted by molar-refractivity contribution is -0.299. The zero-order chi connectivity index (χ0) is 14.7. The summed E-state index contributed by atoms with van der Waals surface area (Å²) in [5.74, 6) is -5.08. The number of aromatic amines is 1. The fourth-order valence-corrected chi connectivity index (χ4v) is 0.885. The fraction of sp³-hybridized carbons (Fsp3) is 0.667. The lowest BCUT2D eigenvalue weighted by atomic mass is 10.4. The highest BCUT2D eigenvalue weighted by atomic mass is 16.8. The minimum absolute atomic E-state index is 0.200. The number of aromatic nitrogens is 3. The molecule has 0 spiro atoms. The number of rotatable bonds is 6. The maximum absolute atomic E-state index is 11.2. The van der Waals surface area contributed by atoms with Gasteiger partial charge in [-0.3, -0.25) is 4.98 Å². The average molecular weight is 277 g/mol.